The van der Waals surface area contributed by atoms with Crippen LogP contribution in [0.5, 0.6) is 0 Å². The Morgan fingerprint density at radius 3 is 2.76 bits per heavy atom. The molecule has 1 aliphatic heterocycles. The summed E-state index contributed by atoms with van der Waals surface area (Å²) in [6.45, 7) is 7.82. The highest BCUT2D eigenvalue weighted by Crippen LogP contribution is 2.24. The number of β-amino-alcohol motifs (C(OH)–C–C–N with tert-alkyl or cyclic N) is 1. The molecule has 0 amide bonds. The Bertz CT molecular complexity index is 364. The van der Waals surface area contributed by atoms with Crippen molar-refractivity contribution in [3.63, 3.8) is 0 Å². The minimum Gasteiger partial charge on any atom is -0.392 e. The molecule has 1 aromatic heterocycles. The van der Waals surface area contributed by atoms with Gasteiger partial charge in [-0.1, -0.05) is 19.0 Å². The molecule has 5 heteroatoms. The van der Waals surface area contributed by atoms with Crippen molar-refractivity contribution in [1.82, 2.24) is 15.0 Å². The second-order valence-electron chi connectivity index (χ2n) is 5.11. The molecule has 0 radical (unpaired) electrons. The van der Waals surface area contributed by atoms with Gasteiger partial charge in [-0.2, -0.15) is 4.98 Å². The third kappa shape index (κ3) is 2.84. The molecule has 1 aliphatic rings. The molecule has 0 saturated carbocycles. The highest BCUT2D eigenvalue weighted by molar-refractivity contribution is 4.96. The minimum atomic E-state index is -0.223. The van der Waals surface area contributed by atoms with Crippen LogP contribution in [0.15, 0.2) is 4.52 Å². The Labute approximate surface area is 102 Å². The van der Waals surface area contributed by atoms with Crippen molar-refractivity contribution in [2.75, 3.05) is 13.1 Å². The van der Waals surface area contributed by atoms with Crippen molar-refractivity contribution < 1.29 is 9.63 Å². The van der Waals surface area contributed by atoms with Crippen LogP contribution in [0.3, 0.4) is 0 Å². The summed E-state index contributed by atoms with van der Waals surface area (Å²) >= 11 is 0. The van der Waals surface area contributed by atoms with Crippen LogP contribution >= 0.6 is 0 Å². The number of rotatable bonds is 3. The molecule has 1 saturated heterocycles. The number of hydrogen-bond donors (Lipinski definition) is 1. The molecule has 96 valence electrons. The Morgan fingerprint density at radius 1 is 1.41 bits per heavy atom. The fourth-order valence-electron chi connectivity index (χ4n) is 2.14. The van der Waals surface area contributed by atoms with Crippen LogP contribution in [-0.2, 0) is 0 Å². The summed E-state index contributed by atoms with van der Waals surface area (Å²) in [6.07, 6.45) is 1.69. The molecular formula is C12H21N3O2. The number of aliphatic hydroxyl groups is 1. The van der Waals surface area contributed by atoms with Gasteiger partial charge < -0.3 is 9.63 Å². The van der Waals surface area contributed by atoms with E-state index in [-0.39, 0.29) is 18.1 Å². The lowest BCUT2D eigenvalue weighted by atomic mass is 10.1. The third-order valence-electron chi connectivity index (χ3n) is 3.31. The summed E-state index contributed by atoms with van der Waals surface area (Å²) in [7, 11) is 0. The molecule has 0 bridgehead atoms. The summed E-state index contributed by atoms with van der Waals surface area (Å²) in [5.74, 6) is 1.69. The number of aromatic nitrogens is 2. The summed E-state index contributed by atoms with van der Waals surface area (Å²) in [6, 6.07) is 0.0879. The van der Waals surface area contributed by atoms with Gasteiger partial charge in [0, 0.05) is 12.5 Å². The van der Waals surface area contributed by atoms with E-state index in [0.29, 0.717) is 12.4 Å². The predicted molar refractivity (Wildman–Crippen MR) is 63.6 cm³/mol. The summed E-state index contributed by atoms with van der Waals surface area (Å²) in [5.41, 5.74) is 0. The fourth-order valence-corrected chi connectivity index (χ4v) is 2.14. The maximum absolute atomic E-state index is 9.66. The number of hydrogen-bond acceptors (Lipinski definition) is 5. The summed E-state index contributed by atoms with van der Waals surface area (Å²) < 4.78 is 5.29. The van der Waals surface area contributed by atoms with Crippen LogP contribution in [0.1, 0.15) is 57.3 Å². The van der Waals surface area contributed by atoms with E-state index in [1.54, 1.807) is 0 Å². The van der Waals surface area contributed by atoms with Crippen LogP contribution in [0, 0.1) is 0 Å². The van der Waals surface area contributed by atoms with Crippen LogP contribution in [0.2, 0.25) is 0 Å². The van der Waals surface area contributed by atoms with E-state index >= 15 is 0 Å². The molecule has 1 fully saturated rings. The van der Waals surface area contributed by atoms with Crippen molar-refractivity contribution in [2.24, 2.45) is 0 Å². The second-order valence-corrected chi connectivity index (χ2v) is 5.11. The average molecular weight is 239 g/mol. The highest BCUT2D eigenvalue weighted by Gasteiger charge is 2.26. The molecule has 2 heterocycles. The zero-order chi connectivity index (χ0) is 12.4. The van der Waals surface area contributed by atoms with Gasteiger partial charge in [-0.15, -0.1) is 0 Å². The average Bonchev–Trinajstić information content (AvgIpc) is 2.77. The van der Waals surface area contributed by atoms with Gasteiger partial charge in [0.15, 0.2) is 5.82 Å². The van der Waals surface area contributed by atoms with E-state index in [4.69, 9.17) is 4.52 Å². The smallest absolute Gasteiger partial charge is 0.243 e. The quantitative estimate of drug-likeness (QED) is 0.870. The van der Waals surface area contributed by atoms with Crippen molar-refractivity contribution in [2.45, 2.75) is 51.7 Å². The van der Waals surface area contributed by atoms with Gasteiger partial charge >= 0.3 is 0 Å². The number of aliphatic hydroxyl groups excluding tert-OH is 1. The second kappa shape index (κ2) is 5.14. The maximum Gasteiger partial charge on any atom is 0.243 e. The van der Waals surface area contributed by atoms with Gasteiger partial charge in [-0.25, -0.2) is 0 Å². The molecule has 17 heavy (non-hydrogen) atoms. The van der Waals surface area contributed by atoms with E-state index in [9.17, 15) is 5.11 Å². The lowest BCUT2D eigenvalue weighted by Crippen LogP contribution is -2.39. The van der Waals surface area contributed by atoms with Gasteiger partial charge in [-0.05, 0) is 26.3 Å². The third-order valence-corrected chi connectivity index (χ3v) is 3.31. The molecule has 2 atom stereocenters. The van der Waals surface area contributed by atoms with Gasteiger partial charge in [0.25, 0.3) is 0 Å². The first-order chi connectivity index (χ1) is 8.08. The zero-order valence-electron chi connectivity index (χ0n) is 10.8. The highest BCUT2D eigenvalue weighted by atomic mass is 16.5. The van der Waals surface area contributed by atoms with E-state index in [1.807, 2.05) is 13.8 Å². The maximum atomic E-state index is 9.66. The lowest BCUT2D eigenvalue weighted by molar-refractivity contribution is 0.0422. The Kier molecular flexibility index (Phi) is 3.79. The first-order valence-electron chi connectivity index (χ1n) is 6.33. The van der Waals surface area contributed by atoms with Gasteiger partial charge in [0.05, 0.1) is 12.1 Å². The first-order valence-corrected chi connectivity index (χ1v) is 6.33. The normalized spacial score (nSPS) is 24.2. The molecule has 0 unspecified atom stereocenters. The van der Waals surface area contributed by atoms with Crippen molar-refractivity contribution in [3.8, 4) is 0 Å². The van der Waals surface area contributed by atoms with Crippen LogP contribution in [0.4, 0.5) is 0 Å². The van der Waals surface area contributed by atoms with E-state index < -0.39 is 0 Å². The Balaban J connectivity index is 2.04. The first kappa shape index (κ1) is 12.5. The standard InChI is InChI=1S/C12H21N3O2/c1-8(2)11-13-12(17-14-11)9(3)15-6-4-5-10(16)7-15/h8-10,16H,4-7H2,1-3H3/t9-,10-/m0/s1. The van der Waals surface area contributed by atoms with Crippen LogP contribution in [0.25, 0.3) is 0 Å². The van der Waals surface area contributed by atoms with Gasteiger partial charge in [-0.3, -0.25) is 4.90 Å². The zero-order valence-corrected chi connectivity index (χ0v) is 10.8. The Hall–Kier alpha value is -0.940. The van der Waals surface area contributed by atoms with Crippen molar-refractivity contribution in [1.29, 1.82) is 0 Å². The molecule has 1 N–H and O–H groups in total. The number of nitrogens with zero attached hydrogens (tertiary/aromatic N) is 3. The van der Waals surface area contributed by atoms with Crippen LogP contribution in [-0.4, -0.2) is 39.3 Å². The van der Waals surface area contributed by atoms with Crippen molar-refractivity contribution in [3.05, 3.63) is 11.7 Å². The molecular weight excluding hydrogens is 218 g/mol. The molecule has 0 aliphatic carbocycles. The Morgan fingerprint density at radius 2 is 2.18 bits per heavy atom. The molecule has 0 spiro atoms. The SMILES string of the molecule is CC(C)c1noc([C@H](C)N2CCC[C@H](O)C2)n1. The largest absolute Gasteiger partial charge is 0.392 e. The van der Waals surface area contributed by atoms with E-state index in [0.717, 1.165) is 25.2 Å². The predicted octanol–water partition coefficient (Wildman–Crippen LogP) is 1.71. The molecule has 5 nitrogen and oxygen atoms in total. The summed E-state index contributed by atoms with van der Waals surface area (Å²) in [5, 5.41) is 13.6. The summed E-state index contributed by atoms with van der Waals surface area (Å²) in [4.78, 5) is 6.61. The van der Waals surface area contributed by atoms with Gasteiger partial charge in [0.1, 0.15) is 0 Å². The van der Waals surface area contributed by atoms with Crippen LogP contribution < -0.4 is 0 Å². The lowest BCUT2D eigenvalue weighted by Gasteiger charge is -2.32. The van der Waals surface area contributed by atoms with Crippen molar-refractivity contribution >= 4 is 0 Å². The minimum absolute atomic E-state index is 0.0879. The molecule has 1 aromatic rings. The molecule has 2 rings (SSSR count). The van der Waals surface area contributed by atoms with E-state index in [1.165, 1.54) is 0 Å². The number of piperidine rings is 1. The monoisotopic (exact) mass is 239 g/mol. The van der Waals surface area contributed by atoms with E-state index in [2.05, 4.69) is 22.0 Å². The molecule has 0 aromatic carbocycles. The van der Waals surface area contributed by atoms with Gasteiger partial charge in [0.2, 0.25) is 5.89 Å². The number of likely N-dealkylation sites (tertiary alicyclic amines) is 1. The topological polar surface area (TPSA) is 62.4 Å². The fraction of sp³-hybridized carbons (Fsp3) is 0.833.